The summed E-state index contributed by atoms with van der Waals surface area (Å²) in [7, 11) is 0. The van der Waals surface area contributed by atoms with Gasteiger partial charge in [0.1, 0.15) is 36.6 Å². The second kappa shape index (κ2) is 42.2. The maximum atomic E-state index is 13.0. The smallest absolute Gasteiger partial charge is 0.249 e. The molecule has 0 aromatic heterocycles. The molecule has 0 aromatic carbocycles. The van der Waals surface area contributed by atoms with Gasteiger partial charge in [-0.25, -0.2) is 0 Å². The first-order chi connectivity index (χ1) is 30.7. The lowest BCUT2D eigenvalue weighted by molar-refractivity contribution is -0.303. The van der Waals surface area contributed by atoms with Crippen LogP contribution in [0.4, 0.5) is 0 Å². The van der Waals surface area contributed by atoms with Crippen molar-refractivity contribution in [3.05, 3.63) is 12.2 Å². The molecule has 0 saturated carbocycles. The summed E-state index contributed by atoms with van der Waals surface area (Å²) in [6, 6.07) is -1.16. The second-order valence-electron chi connectivity index (χ2n) is 19.0. The number of carbonyl (C=O) groups excluding carboxylic acids is 1. The van der Waals surface area contributed by atoms with E-state index in [-0.39, 0.29) is 6.42 Å². The van der Waals surface area contributed by atoms with Gasteiger partial charge in [-0.1, -0.05) is 219 Å². The molecule has 0 bridgehead atoms. The highest BCUT2D eigenvalue weighted by Crippen LogP contribution is 2.23. The zero-order valence-electron chi connectivity index (χ0n) is 40.6. The third-order valence-electron chi connectivity index (χ3n) is 13.1. The monoisotopic (exact) mass is 900 g/mol. The van der Waals surface area contributed by atoms with Gasteiger partial charge in [0.05, 0.1) is 25.4 Å². The van der Waals surface area contributed by atoms with Crippen molar-refractivity contribution in [2.45, 2.75) is 300 Å². The summed E-state index contributed by atoms with van der Waals surface area (Å²) in [5, 5.41) is 75.2. The standard InChI is InChI=1S/C52H101NO10/c1-3-5-7-9-10-11-12-13-14-15-16-17-18-19-20-21-22-23-24-25-26-27-28-29-30-31-32-33-34-36-38-40-45(56)51(61)53-43(47(57)44(55)39-37-35-8-6-4-2)42-62-52-50(60)49(59)48(58)46(41-54)63-52/h19-20,43-50,52,54-60H,3-18,21-42H2,1-2H3,(H,53,61)/b20-19-. The van der Waals surface area contributed by atoms with Crippen LogP contribution in [-0.4, -0.2) is 110 Å². The zero-order chi connectivity index (χ0) is 46.2. The van der Waals surface area contributed by atoms with Crippen LogP contribution >= 0.6 is 0 Å². The van der Waals surface area contributed by atoms with Gasteiger partial charge in [-0.15, -0.1) is 0 Å². The Morgan fingerprint density at radius 1 is 0.540 bits per heavy atom. The number of allylic oxidation sites excluding steroid dienone is 2. The van der Waals surface area contributed by atoms with Gasteiger partial charge in [0.2, 0.25) is 5.91 Å². The lowest BCUT2D eigenvalue weighted by Crippen LogP contribution is -2.60. The van der Waals surface area contributed by atoms with Crippen LogP contribution < -0.4 is 5.32 Å². The summed E-state index contributed by atoms with van der Waals surface area (Å²) in [5.41, 5.74) is 0. The molecule has 0 aromatic rings. The second-order valence-corrected chi connectivity index (χ2v) is 19.0. The third-order valence-corrected chi connectivity index (χ3v) is 13.1. The normalized spacial score (nSPS) is 21.2. The quantitative estimate of drug-likeness (QED) is 0.0216. The summed E-state index contributed by atoms with van der Waals surface area (Å²) in [4.78, 5) is 13.0. The maximum absolute atomic E-state index is 13.0. The molecule has 1 saturated heterocycles. The highest BCUT2D eigenvalue weighted by Gasteiger charge is 2.44. The molecule has 1 aliphatic heterocycles. The van der Waals surface area contributed by atoms with E-state index in [9.17, 15) is 40.5 Å². The van der Waals surface area contributed by atoms with Crippen LogP contribution in [0.5, 0.6) is 0 Å². The number of ether oxygens (including phenoxy) is 2. The number of unbranched alkanes of at least 4 members (excludes halogenated alkanes) is 31. The molecule has 0 radical (unpaired) electrons. The van der Waals surface area contributed by atoms with E-state index in [2.05, 4.69) is 31.3 Å². The molecule has 63 heavy (non-hydrogen) atoms. The van der Waals surface area contributed by atoms with E-state index in [0.29, 0.717) is 19.3 Å². The Morgan fingerprint density at radius 3 is 1.33 bits per heavy atom. The van der Waals surface area contributed by atoms with Gasteiger partial charge in [0.25, 0.3) is 0 Å². The van der Waals surface area contributed by atoms with E-state index in [0.717, 1.165) is 44.9 Å². The van der Waals surface area contributed by atoms with E-state index in [1.54, 1.807) is 0 Å². The van der Waals surface area contributed by atoms with E-state index >= 15 is 0 Å². The number of carbonyl (C=O) groups is 1. The average Bonchev–Trinajstić information content (AvgIpc) is 3.28. The van der Waals surface area contributed by atoms with Crippen molar-refractivity contribution >= 4 is 5.91 Å². The molecule has 1 rings (SSSR count). The number of hydrogen-bond donors (Lipinski definition) is 8. The molecular weight excluding hydrogens is 799 g/mol. The number of aliphatic hydroxyl groups is 7. The van der Waals surface area contributed by atoms with Crippen LogP contribution in [0.1, 0.15) is 245 Å². The summed E-state index contributed by atoms with van der Waals surface area (Å²) in [6.07, 6.45) is 36.5. The number of nitrogens with one attached hydrogen (secondary N) is 1. The SMILES string of the molecule is CCCCCCCCCCCCCC/C=C\CCCCCCCCCCCCCCCCCC(O)C(=O)NC(COC1OC(CO)C(O)C(O)C1O)C(O)C(O)CCCCCCC. The van der Waals surface area contributed by atoms with Gasteiger partial charge in [-0.05, 0) is 38.5 Å². The van der Waals surface area contributed by atoms with Crippen molar-refractivity contribution in [2.75, 3.05) is 13.2 Å². The summed E-state index contributed by atoms with van der Waals surface area (Å²) < 4.78 is 11.0. The molecule has 9 atom stereocenters. The van der Waals surface area contributed by atoms with Gasteiger partial charge in [0, 0.05) is 0 Å². The lowest BCUT2D eigenvalue weighted by Gasteiger charge is -2.40. The van der Waals surface area contributed by atoms with Crippen LogP contribution in [-0.2, 0) is 14.3 Å². The van der Waals surface area contributed by atoms with Crippen molar-refractivity contribution in [3.63, 3.8) is 0 Å². The van der Waals surface area contributed by atoms with Crippen LogP contribution in [0.25, 0.3) is 0 Å². The number of rotatable bonds is 45. The van der Waals surface area contributed by atoms with Gasteiger partial charge in [0.15, 0.2) is 6.29 Å². The molecule has 11 heteroatoms. The van der Waals surface area contributed by atoms with Gasteiger partial charge in [-0.2, -0.15) is 0 Å². The third kappa shape index (κ3) is 31.5. The Hall–Kier alpha value is -1.15. The molecule has 0 aliphatic carbocycles. The summed E-state index contributed by atoms with van der Waals surface area (Å²) in [6.45, 7) is 3.35. The summed E-state index contributed by atoms with van der Waals surface area (Å²) >= 11 is 0. The molecule has 1 amide bonds. The highest BCUT2D eigenvalue weighted by molar-refractivity contribution is 5.80. The van der Waals surface area contributed by atoms with Gasteiger partial charge >= 0.3 is 0 Å². The Morgan fingerprint density at radius 2 is 0.921 bits per heavy atom. The van der Waals surface area contributed by atoms with Crippen molar-refractivity contribution in [3.8, 4) is 0 Å². The van der Waals surface area contributed by atoms with E-state index in [1.807, 2.05) is 0 Å². The highest BCUT2D eigenvalue weighted by atomic mass is 16.7. The van der Waals surface area contributed by atoms with Crippen molar-refractivity contribution < 1.29 is 50.0 Å². The Kier molecular flexibility index (Phi) is 40.1. The Labute approximate surface area is 385 Å². The molecule has 8 N–H and O–H groups in total. The molecule has 11 nitrogen and oxygen atoms in total. The largest absolute Gasteiger partial charge is 0.394 e. The van der Waals surface area contributed by atoms with Crippen LogP contribution in [0.2, 0.25) is 0 Å². The van der Waals surface area contributed by atoms with Crippen molar-refractivity contribution in [1.82, 2.24) is 5.32 Å². The Bertz CT molecular complexity index is 1030. The lowest BCUT2D eigenvalue weighted by atomic mass is 9.98. The van der Waals surface area contributed by atoms with Crippen LogP contribution in [0.3, 0.4) is 0 Å². The first-order valence-corrected chi connectivity index (χ1v) is 26.6. The Balaban J connectivity index is 2.10. The minimum Gasteiger partial charge on any atom is -0.394 e. The number of aliphatic hydroxyl groups excluding tert-OH is 7. The first-order valence-electron chi connectivity index (χ1n) is 26.6. The van der Waals surface area contributed by atoms with E-state index in [1.165, 1.54) is 161 Å². The molecule has 1 fully saturated rings. The van der Waals surface area contributed by atoms with Crippen molar-refractivity contribution in [2.24, 2.45) is 0 Å². The van der Waals surface area contributed by atoms with Gasteiger partial charge in [-0.3, -0.25) is 4.79 Å². The fourth-order valence-electron chi connectivity index (χ4n) is 8.67. The number of hydrogen-bond acceptors (Lipinski definition) is 10. The number of amides is 1. The minimum absolute atomic E-state index is 0.263. The average molecular weight is 900 g/mol. The molecule has 374 valence electrons. The van der Waals surface area contributed by atoms with Crippen molar-refractivity contribution in [1.29, 1.82) is 0 Å². The zero-order valence-corrected chi connectivity index (χ0v) is 40.6. The molecule has 0 spiro atoms. The molecule has 1 aliphatic rings. The predicted molar refractivity (Wildman–Crippen MR) is 256 cm³/mol. The molecular formula is C52H101NO10. The maximum Gasteiger partial charge on any atom is 0.249 e. The first kappa shape index (κ1) is 59.9. The minimum atomic E-state index is -1.66. The fourth-order valence-corrected chi connectivity index (χ4v) is 8.67. The molecule has 1 heterocycles. The van der Waals surface area contributed by atoms with Crippen LogP contribution in [0, 0.1) is 0 Å². The van der Waals surface area contributed by atoms with E-state index in [4.69, 9.17) is 9.47 Å². The van der Waals surface area contributed by atoms with Crippen LogP contribution in [0.15, 0.2) is 12.2 Å². The van der Waals surface area contributed by atoms with Gasteiger partial charge < -0.3 is 50.5 Å². The fraction of sp³-hybridized carbons (Fsp3) is 0.942. The molecule has 9 unspecified atom stereocenters. The topological polar surface area (TPSA) is 189 Å². The van der Waals surface area contributed by atoms with E-state index < -0.39 is 74.2 Å². The summed E-state index contributed by atoms with van der Waals surface area (Å²) in [5.74, 6) is -0.699. The predicted octanol–water partition coefficient (Wildman–Crippen LogP) is 10.0.